The first kappa shape index (κ1) is 17.6. The molecule has 0 saturated carbocycles. The van der Waals surface area contributed by atoms with Crippen LogP contribution in [0.15, 0.2) is 30.3 Å². The molecule has 1 amide bonds. The van der Waals surface area contributed by atoms with Gasteiger partial charge >= 0.3 is 0 Å². The average molecular weight is 388 g/mol. The van der Waals surface area contributed by atoms with Gasteiger partial charge in [0, 0.05) is 13.1 Å². The Morgan fingerprint density at radius 3 is 2.81 bits per heavy atom. The summed E-state index contributed by atoms with van der Waals surface area (Å²) in [6.45, 7) is 2.91. The summed E-state index contributed by atoms with van der Waals surface area (Å²) in [6.07, 6.45) is 0. The van der Waals surface area contributed by atoms with Crippen LogP contribution < -0.4 is 15.0 Å². The molecule has 140 valence electrons. The molecule has 0 bridgehead atoms. The molecule has 1 saturated heterocycles. The van der Waals surface area contributed by atoms with Crippen LogP contribution in [0.3, 0.4) is 0 Å². The Balaban J connectivity index is 1.68. The van der Waals surface area contributed by atoms with Gasteiger partial charge in [0.25, 0.3) is 5.91 Å². The number of fused-ring (bicyclic) bond motifs is 1. The summed E-state index contributed by atoms with van der Waals surface area (Å²) < 4.78 is 25.0. The summed E-state index contributed by atoms with van der Waals surface area (Å²) in [6, 6.07) is 7.94. The second-order valence-electron chi connectivity index (χ2n) is 5.88. The summed E-state index contributed by atoms with van der Waals surface area (Å²) in [4.78, 5) is 22.7. The zero-order valence-electron chi connectivity index (χ0n) is 14.6. The molecule has 9 heteroatoms. The summed E-state index contributed by atoms with van der Waals surface area (Å²) in [7, 11) is 1.58. The Labute approximate surface area is 158 Å². The monoisotopic (exact) mass is 388 g/mol. The largest absolute Gasteiger partial charge is 0.494 e. The summed E-state index contributed by atoms with van der Waals surface area (Å²) in [5.41, 5.74) is 1.69. The number of carbonyl (C=O) groups excluding carboxylic acids is 1. The molecule has 0 atom stereocenters. The number of benzene rings is 1. The van der Waals surface area contributed by atoms with Crippen LogP contribution in [0.5, 0.6) is 5.75 Å². The van der Waals surface area contributed by atoms with Crippen molar-refractivity contribution < 1.29 is 18.7 Å². The van der Waals surface area contributed by atoms with Crippen molar-refractivity contribution in [2.45, 2.75) is 0 Å². The van der Waals surface area contributed by atoms with Crippen molar-refractivity contribution in [3.05, 3.63) is 42.0 Å². The van der Waals surface area contributed by atoms with E-state index in [0.717, 1.165) is 23.5 Å². The molecule has 0 aliphatic carbocycles. The van der Waals surface area contributed by atoms with E-state index in [1.165, 1.54) is 29.5 Å². The van der Waals surface area contributed by atoms with Crippen LogP contribution in [0.2, 0.25) is 0 Å². The van der Waals surface area contributed by atoms with Crippen LogP contribution in [0.4, 0.5) is 15.2 Å². The van der Waals surface area contributed by atoms with Crippen molar-refractivity contribution in [3.8, 4) is 5.75 Å². The third kappa shape index (κ3) is 3.56. The fraction of sp³-hybridized carbons (Fsp3) is 0.278. The second kappa shape index (κ2) is 7.45. The predicted octanol–water partition coefficient (Wildman–Crippen LogP) is 2.93. The van der Waals surface area contributed by atoms with Gasteiger partial charge in [-0.15, -0.1) is 0 Å². The van der Waals surface area contributed by atoms with Gasteiger partial charge in [-0.2, -0.15) is 4.39 Å². The summed E-state index contributed by atoms with van der Waals surface area (Å²) in [5, 5.41) is 3.10. The molecule has 1 aromatic carbocycles. The van der Waals surface area contributed by atoms with Gasteiger partial charge in [0.15, 0.2) is 5.13 Å². The Bertz CT molecular complexity index is 988. The standard InChI is InChI=1S/C18H17FN4O3S/c1-25-13-6-5-12(23-7-9-26-10-8-23)16-15(13)21-18(27-16)22-17(24)11-3-2-4-14(19)20-11/h2-6H,7-10H2,1H3,(H,21,22,24). The fourth-order valence-corrected chi connectivity index (χ4v) is 3.96. The number of rotatable bonds is 4. The number of thiazole rings is 1. The molecule has 0 radical (unpaired) electrons. The van der Waals surface area contributed by atoms with E-state index in [2.05, 4.69) is 20.2 Å². The van der Waals surface area contributed by atoms with Crippen LogP contribution in [-0.2, 0) is 4.74 Å². The number of anilines is 2. The number of amides is 1. The molecule has 3 aromatic rings. The van der Waals surface area contributed by atoms with Crippen LogP contribution in [0.25, 0.3) is 10.2 Å². The highest BCUT2D eigenvalue weighted by molar-refractivity contribution is 7.23. The van der Waals surface area contributed by atoms with Gasteiger partial charge in [0.1, 0.15) is 17.0 Å². The van der Waals surface area contributed by atoms with Gasteiger partial charge in [0.05, 0.1) is 30.7 Å². The maximum atomic E-state index is 13.3. The molecule has 0 unspecified atom stereocenters. The smallest absolute Gasteiger partial charge is 0.276 e. The molecule has 1 fully saturated rings. The van der Waals surface area contributed by atoms with Crippen molar-refractivity contribution in [2.75, 3.05) is 43.6 Å². The lowest BCUT2D eigenvalue weighted by Crippen LogP contribution is -2.36. The van der Waals surface area contributed by atoms with Gasteiger partial charge in [-0.3, -0.25) is 10.1 Å². The van der Waals surface area contributed by atoms with Gasteiger partial charge in [-0.25, -0.2) is 9.97 Å². The molecule has 2 aromatic heterocycles. The number of methoxy groups -OCH3 is 1. The van der Waals surface area contributed by atoms with E-state index in [0.29, 0.717) is 29.6 Å². The Morgan fingerprint density at radius 2 is 2.07 bits per heavy atom. The number of pyridine rings is 1. The van der Waals surface area contributed by atoms with Gasteiger partial charge < -0.3 is 14.4 Å². The van der Waals surface area contributed by atoms with Crippen molar-refractivity contribution >= 4 is 38.3 Å². The predicted molar refractivity (Wildman–Crippen MR) is 101 cm³/mol. The molecule has 27 heavy (non-hydrogen) atoms. The van der Waals surface area contributed by atoms with Crippen LogP contribution in [0.1, 0.15) is 10.5 Å². The molecule has 4 rings (SSSR count). The Hall–Kier alpha value is -2.78. The molecule has 0 spiro atoms. The second-order valence-corrected chi connectivity index (χ2v) is 6.88. The molecular weight excluding hydrogens is 371 g/mol. The number of nitrogens with one attached hydrogen (secondary N) is 1. The highest BCUT2D eigenvalue weighted by Crippen LogP contribution is 2.39. The normalized spacial score (nSPS) is 14.4. The van der Waals surface area contributed by atoms with Crippen molar-refractivity contribution in [1.82, 2.24) is 9.97 Å². The van der Waals surface area contributed by atoms with Crippen molar-refractivity contribution in [1.29, 1.82) is 0 Å². The van der Waals surface area contributed by atoms with Crippen molar-refractivity contribution in [3.63, 3.8) is 0 Å². The quantitative estimate of drug-likeness (QED) is 0.693. The zero-order chi connectivity index (χ0) is 18.8. The maximum Gasteiger partial charge on any atom is 0.276 e. The lowest BCUT2D eigenvalue weighted by atomic mass is 10.2. The first-order valence-electron chi connectivity index (χ1n) is 8.40. The molecule has 1 aliphatic heterocycles. The van der Waals surface area contributed by atoms with E-state index < -0.39 is 11.9 Å². The van der Waals surface area contributed by atoms with E-state index in [4.69, 9.17) is 9.47 Å². The fourth-order valence-electron chi connectivity index (χ4n) is 2.94. The third-order valence-electron chi connectivity index (χ3n) is 4.23. The topological polar surface area (TPSA) is 76.6 Å². The van der Waals surface area contributed by atoms with Crippen LogP contribution >= 0.6 is 11.3 Å². The zero-order valence-corrected chi connectivity index (χ0v) is 15.4. The van der Waals surface area contributed by atoms with E-state index in [-0.39, 0.29) is 5.69 Å². The number of halogens is 1. The number of aromatic nitrogens is 2. The van der Waals surface area contributed by atoms with E-state index in [1.807, 2.05) is 12.1 Å². The minimum absolute atomic E-state index is 0.00498. The highest BCUT2D eigenvalue weighted by atomic mass is 32.1. The van der Waals surface area contributed by atoms with E-state index in [1.54, 1.807) is 7.11 Å². The molecule has 1 aliphatic rings. The molecular formula is C18H17FN4O3S. The minimum atomic E-state index is -0.705. The number of hydrogen-bond acceptors (Lipinski definition) is 7. The van der Waals surface area contributed by atoms with Gasteiger partial charge in [0.2, 0.25) is 5.95 Å². The lowest BCUT2D eigenvalue weighted by molar-refractivity contribution is 0.102. The number of ether oxygens (including phenoxy) is 2. The Morgan fingerprint density at radius 1 is 1.26 bits per heavy atom. The molecule has 3 heterocycles. The first-order chi connectivity index (χ1) is 13.2. The summed E-state index contributed by atoms with van der Waals surface area (Å²) in [5.74, 6) is -0.591. The van der Waals surface area contributed by atoms with Crippen LogP contribution in [0, 0.1) is 5.95 Å². The van der Waals surface area contributed by atoms with E-state index in [9.17, 15) is 9.18 Å². The number of morpholine rings is 1. The maximum absolute atomic E-state index is 13.3. The molecule has 7 nitrogen and oxygen atoms in total. The average Bonchev–Trinajstić information content (AvgIpc) is 3.11. The van der Waals surface area contributed by atoms with Gasteiger partial charge in [-0.05, 0) is 24.3 Å². The number of nitrogens with zero attached hydrogens (tertiary/aromatic N) is 3. The van der Waals surface area contributed by atoms with Gasteiger partial charge in [-0.1, -0.05) is 17.4 Å². The van der Waals surface area contributed by atoms with E-state index >= 15 is 0 Å². The lowest BCUT2D eigenvalue weighted by Gasteiger charge is -2.29. The summed E-state index contributed by atoms with van der Waals surface area (Å²) >= 11 is 1.35. The number of carbonyl (C=O) groups is 1. The first-order valence-corrected chi connectivity index (χ1v) is 9.21. The third-order valence-corrected chi connectivity index (χ3v) is 5.22. The highest BCUT2D eigenvalue weighted by Gasteiger charge is 2.20. The van der Waals surface area contributed by atoms with Crippen LogP contribution in [-0.4, -0.2) is 49.3 Å². The minimum Gasteiger partial charge on any atom is -0.494 e. The molecule has 1 N–H and O–H groups in total. The SMILES string of the molecule is COc1ccc(N2CCOCC2)c2sc(NC(=O)c3cccc(F)n3)nc12. The Kier molecular flexibility index (Phi) is 4.87. The number of hydrogen-bond donors (Lipinski definition) is 1. The van der Waals surface area contributed by atoms with Crippen molar-refractivity contribution in [2.24, 2.45) is 0 Å².